The summed E-state index contributed by atoms with van der Waals surface area (Å²) in [7, 11) is 0. The van der Waals surface area contributed by atoms with Crippen LogP contribution in [-0.2, 0) is 0 Å². The zero-order chi connectivity index (χ0) is 14.1. The molecule has 0 aliphatic carbocycles. The van der Waals surface area contributed by atoms with Crippen molar-refractivity contribution in [2.75, 3.05) is 0 Å². The zero-order valence-corrected chi connectivity index (χ0v) is 10.7. The van der Waals surface area contributed by atoms with Gasteiger partial charge in [0.15, 0.2) is 0 Å². The van der Waals surface area contributed by atoms with Gasteiger partial charge >= 0.3 is 0 Å². The Kier molecular flexibility index (Phi) is 3.20. The van der Waals surface area contributed by atoms with E-state index in [0.717, 1.165) is 12.1 Å². The minimum absolute atomic E-state index is 0.0393. The largest absolute Gasteiger partial charge is 0.334 e. The molecular weight excluding hydrogens is 286 g/mol. The van der Waals surface area contributed by atoms with Gasteiger partial charge in [-0.15, -0.1) is 0 Å². The molecule has 0 radical (unpaired) electrons. The van der Waals surface area contributed by atoms with E-state index in [0.29, 0.717) is 10.6 Å². The average molecular weight is 293 g/mol. The summed E-state index contributed by atoms with van der Waals surface area (Å²) in [6, 6.07) is 10.1. The smallest absolute Gasteiger partial charge is 0.259 e. The van der Waals surface area contributed by atoms with E-state index in [2.05, 4.69) is 10.1 Å². The average Bonchev–Trinajstić information content (AvgIpc) is 2.88. The standard InChI is InChI=1S/C14H7ClF2N2O/c15-11-4-2-1-3-9(11)14-18-13(19-20-14)10-6-5-8(16)7-12(10)17/h1-7H. The predicted octanol–water partition coefficient (Wildman–Crippen LogP) is 4.34. The molecule has 2 aromatic carbocycles. The van der Waals surface area contributed by atoms with E-state index in [1.165, 1.54) is 6.07 Å². The molecule has 0 N–H and O–H groups in total. The summed E-state index contributed by atoms with van der Waals surface area (Å²) in [5.74, 6) is -1.20. The Morgan fingerprint density at radius 2 is 1.80 bits per heavy atom. The molecule has 0 bridgehead atoms. The molecule has 3 nitrogen and oxygen atoms in total. The summed E-state index contributed by atoms with van der Waals surface area (Å²) in [6.07, 6.45) is 0. The molecule has 3 rings (SSSR count). The summed E-state index contributed by atoms with van der Waals surface area (Å²) >= 11 is 6.01. The molecule has 20 heavy (non-hydrogen) atoms. The van der Waals surface area contributed by atoms with Crippen LogP contribution in [0.4, 0.5) is 8.78 Å². The minimum atomic E-state index is -0.753. The van der Waals surface area contributed by atoms with Gasteiger partial charge in [-0.25, -0.2) is 8.78 Å². The summed E-state index contributed by atoms with van der Waals surface area (Å²) in [6.45, 7) is 0. The van der Waals surface area contributed by atoms with Gasteiger partial charge in [0.05, 0.1) is 16.1 Å². The van der Waals surface area contributed by atoms with E-state index >= 15 is 0 Å². The van der Waals surface area contributed by atoms with Gasteiger partial charge in [0.25, 0.3) is 5.89 Å². The lowest BCUT2D eigenvalue weighted by Crippen LogP contribution is -1.88. The zero-order valence-electron chi connectivity index (χ0n) is 9.98. The van der Waals surface area contributed by atoms with Gasteiger partial charge in [0.2, 0.25) is 5.82 Å². The number of rotatable bonds is 2. The molecule has 0 amide bonds. The van der Waals surface area contributed by atoms with Crippen molar-refractivity contribution >= 4 is 11.6 Å². The summed E-state index contributed by atoms with van der Waals surface area (Å²) < 4.78 is 31.6. The fourth-order valence-electron chi connectivity index (χ4n) is 1.75. The Bertz CT molecular complexity index is 773. The highest BCUT2D eigenvalue weighted by Gasteiger charge is 2.15. The third kappa shape index (κ3) is 2.28. The van der Waals surface area contributed by atoms with Gasteiger partial charge in [-0.3, -0.25) is 0 Å². The fourth-order valence-corrected chi connectivity index (χ4v) is 1.96. The molecule has 0 fully saturated rings. The first-order valence-corrected chi connectivity index (χ1v) is 6.07. The lowest BCUT2D eigenvalue weighted by Gasteiger charge is -1.97. The third-order valence-electron chi connectivity index (χ3n) is 2.70. The summed E-state index contributed by atoms with van der Waals surface area (Å²) in [4.78, 5) is 4.08. The second-order valence-electron chi connectivity index (χ2n) is 4.03. The van der Waals surface area contributed by atoms with Crippen molar-refractivity contribution in [1.29, 1.82) is 0 Å². The van der Waals surface area contributed by atoms with Gasteiger partial charge in [-0.05, 0) is 24.3 Å². The maximum Gasteiger partial charge on any atom is 0.259 e. The van der Waals surface area contributed by atoms with Gasteiger partial charge < -0.3 is 4.52 Å². The van der Waals surface area contributed by atoms with Crippen molar-refractivity contribution in [2.24, 2.45) is 0 Å². The molecule has 1 aromatic heterocycles. The first kappa shape index (κ1) is 12.7. The Balaban J connectivity index is 2.04. The Labute approximate surface area is 117 Å². The van der Waals surface area contributed by atoms with Crippen molar-refractivity contribution in [2.45, 2.75) is 0 Å². The van der Waals surface area contributed by atoms with Crippen LogP contribution < -0.4 is 0 Å². The van der Waals surface area contributed by atoms with E-state index in [-0.39, 0.29) is 17.3 Å². The van der Waals surface area contributed by atoms with Crippen LogP contribution in [0.3, 0.4) is 0 Å². The van der Waals surface area contributed by atoms with E-state index in [4.69, 9.17) is 16.1 Å². The van der Waals surface area contributed by atoms with Gasteiger partial charge in [0.1, 0.15) is 11.6 Å². The lowest BCUT2D eigenvalue weighted by molar-refractivity contribution is 0.432. The molecule has 0 atom stereocenters. The Morgan fingerprint density at radius 1 is 1.00 bits per heavy atom. The highest BCUT2D eigenvalue weighted by atomic mass is 35.5. The monoisotopic (exact) mass is 292 g/mol. The second kappa shape index (κ2) is 5.02. The van der Waals surface area contributed by atoms with Crippen molar-refractivity contribution in [3.63, 3.8) is 0 Å². The first-order valence-electron chi connectivity index (χ1n) is 5.69. The van der Waals surface area contributed by atoms with E-state index in [9.17, 15) is 8.78 Å². The van der Waals surface area contributed by atoms with Crippen molar-refractivity contribution in [3.05, 3.63) is 59.1 Å². The van der Waals surface area contributed by atoms with Crippen LogP contribution in [0, 0.1) is 11.6 Å². The number of hydrogen-bond donors (Lipinski definition) is 0. The van der Waals surface area contributed by atoms with Gasteiger partial charge in [-0.2, -0.15) is 4.98 Å². The molecule has 0 aliphatic rings. The predicted molar refractivity (Wildman–Crippen MR) is 70.1 cm³/mol. The lowest BCUT2D eigenvalue weighted by atomic mass is 10.2. The number of halogens is 3. The van der Waals surface area contributed by atoms with Crippen LogP contribution in [0.15, 0.2) is 47.0 Å². The molecule has 1 heterocycles. The number of benzene rings is 2. The normalized spacial score (nSPS) is 10.8. The van der Waals surface area contributed by atoms with Crippen molar-refractivity contribution < 1.29 is 13.3 Å². The summed E-state index contributed by atoms with van der Waals surface area (Å²) in [5.41, 5.74) is 0.615. The molecule has 6 heteroatoms. The SMILES string of the molecule is Fc1ccc(-c2noc(-c3ccccc3Cl)n2)c(F)c1. The van der Waals surface area contributed by atoms with Crippen molar-refractivity contribution in [3.8, 4) is 22.8 Å². The van der Waals surface area contributed by atoms with Crippen LogP contribution in [0.2, 0.25) is 5.02 Å². The van der Waals surface area contributed by atoms with Gasteiger partial charge in [-0.1, -0.05) is 28.9 Å². The van der Waals surface area contributed by atoms with E-state index in [1.807, 2.05) is 0 Å². The van der Waals surface area contributed by atoms with Crippen LogP contribution >= 0.6 is 11.6 Å². The van der Waals surface area contributed by atoms with Gasteiger partial charge in [0, 0.05) is 6.07 Å². The third-order valence-corrected chi connectivity index (χ3v) is 3.03. The first-order chi connectivity index (χ1) is 9.65. The van der Waals surface area contributed by atoms with Crippen LogP contribution in [0.25, 0.3) is 22.8 Å². The second-order valence-corrected chi connectivity index (χ2v) is 4.43. The molecule has 0 spiro atoms. The molecule has 100 valence electrons. The van der Waals surface area contributed by atoms with Crippen LogP contribution in [0.5, 0.6) is 0 Å². The Morgan fingerprint density at radius 3 is 2.55 bits per heavy atom. The number of aromatic nitrogens is 2. The quantitative estimate of drug-likeness (QED) is 0.705. The summed E-state index contributed by atoms with van der Waals surface area (Å²) in [5, 5.41) is 4.13. The molecular formula is C14H7ClF2N2O. The molecule has 0 saturated carbocycles. The van der Waals surface area contributed by atoms with E-state index in [1.54, 1.807) is 24.3 Å². The topological polar surface area (TPSA) is 38.9 Å². The number of hydrogen-bond acceptors (Lipinski definition) is 3. The highest BCUT2D eigenvalue weighted by Crippen LogP contribution is 2.28. The van der Waals surface area contributed by atoms with Crippen LogP contribution in [0.1, 0.15) is 0 Å². The number of nitrogens with zero attached hydrogens (tertiary/aromatic N) is 2. The highest BCUT2D eigenvalue weighted by molar-refractivity contribution is 6.33. The van der Waals surface area contributed by atoms with Crippen molar-refractivity contribution in [1.82, 2.24) is 10.1 Å². The molecule has 0 unspecified atom stereocenters. The molecule has 0 aliphatic heterocycles. The maximum absolute atomic E-state index is 13.6. The fraction of sp³-hybridized carbons (Fsp3) is 0. The minimum Gasteiger partial charge on any atom is -0.334 e. The van der Waals surface area contributed by atoms with E-state index < -0.39 is 11.6 Å². The maximum atomic E-state index is 13.6. The van der Waals surface area contributed by atoms with Crippen LogP contribution in [-0.4, -0.2) is 10.1 Å². The molecule has 3 aromatic rings. The Hall–Kier alpha value is -2.27. The molecule has 0 saturated heterocycles.